The quantitative estimate of drug-likeness (QED) is 0.792. The molecule has 1 amide bonds. The molecule has 2 aliphatic rings. The molecule has 7 heteroatoms. The number of benzene rings is 1. The molecular formula is C19H27N3O4. The fourth-order valence-electron chi connectivity index (χ4n) is 3.57. The maximum atomic E-state index is 12.5. The molecule has 2 N–H and O–H groups in total. The van der Waals surface area contributed by atoms with Crippen molar-refractivity contribution < 1.29 is 19.4 Å². The Morgan fingerprint density at radius 1 is 1.08 bits per heavy atom. The van der Waals surface area contributed by atoms with Crippen LogP contribution in [-0.2, 0) is 9.59 Å². The van der Waals surface area contributed by atoms with E-state index in [1.54, 1.807) is 12.1 Å². The predicted molar refractivity (Wildman–Crippen MR) is 98.6 cm³/mol. The minimum absolute atomic E-state index is 0.286. The van der Waals surface area contributed by atoms with Crippen molar-refractivity contribution in [1.29, 1.82) is 0 Å². The number of hydrogen-bond donors (Lipinski definition) is 2. The Balaban J connectivity index is 1.45. The van der Waals surface area contributed by atoms with Gasteiger partial charge in [0.2, 0.25) is 5.91 Å². The van der Waals surface area contributed by atoms with Gasteiger partial charge in [0.25, 0.3) is 0 Å². The fourth-order valence-corrected chi connectivity index (χ4v) is 3.57. The molecule has 2 aliphatic heterocycles. The first-order valence-electron chi connectivity index (χ1n) is 9.30. The zero-order chi connectivity index (χ0) is 18.4. The number of anilines is 1. The summed E-state index contributed by atoms with van der Waals surface area (Å²) < 4.78 is 5.16. The van der Waals surface area contributed by atoms with Gasteiger partial charge in [-0.1, -0.05) is 0 Å². The molecule has 1 aromatic rings. The van der Waals surface area contributed by atoms with E-state index in [0.29, 0.717) is 18.1 Å². The highest BCUT2D eigenvalue weighted by molar-refractivity contribution is 5.76. The first-order chi connectivity index (χ1) is 12.6. The number of hydrogen-bond acceptors (Lipinski definition) is 5. The Hall–Kier alpha value is -2.28. The largest absolute Gasteiger partial charge is 0.482 e. The zero-order valence-electron chi connectivity index (χ0n) is 15.0. The van der Waals surface area contributed by atoms with Gasteiger partial charge in [-0.25, -0.2) is 4.79 Å². The first kappa shape index (κ1) is 18.5. The summed E-state index contributed by atoms with van der Waals surface area (Å²) in [7, 11) is 0. The van der Waals surface area contributed by atoms with Gasteiger partial charge in [0.15, 0.2) is 6.61 Å². The molecule has 26 heavy (non-hydrogen) atoms. The molecule has 3 rings (SSSR count). The van der Waals surface area contributed by atoms with Crippen LogP contribution < -0.4 is 15.0 Å². The highest BCUT2D eigenvalue weighted by Gasteiger charge is 2.24. The Morgan fingerprint density at radius 2 is 1.73 bits per heavy atom. The van der Waals surface area contributed by atoms with Gasteiger partial charge in [0.05, 0.1) is 0 Å². The molecule has 0 aliphatic carbocycles. The summed E-state index contributed by atoms with van der Waals surface area (Å²) in [6.45, 7) is 4.84. The number of aliphatic carboxylic acids is 1. The van der Waals surface area contributed by atoms with E-state index in [4.69, 9.17) is 9.84 Å². The highest BCUT2D eigenvalue weighted by atomic mass is 16.5. The van der Waals surface area contributed by atoms with Crippen molar-refractivity contribution in [2.45, 2.75) is 19.3 Å². The minimum atomic E-state index is -0.987. The van der Waals surface area contributed by atoms with E-state index >= 15 is 0 Å². The standard InChI is InChI=1S/C19H27N3O4/c23-18(13-15-5-7-20-8-6-15)22-11-9-21(10-12-22)16-1-3-17(4-2-16)26-14-19(24)25/h1-4,15,20H,5-14H2,(H,24,25). The molecule has 142 valence electrons. The number of carbonyl (C=O) groups is 2. The molecule has 0 bridgehead atoms. The fraction of sp³-hybridized carbons (Fsp3) is 0.579. The average molecular weight is 361 g/mol. The lowest BCUT2D eigenvalue weighted by atomic mass is 9.94. The van der Waals surface area contributed by atoms with Crippen LogP contribution in [-0.4, -0.2) is 67.8 Å². The van der Waals surface area contributed by atoms with Gasteiger partial charge in [-0.3, -0.25) is 4.79 Å². The number of nitrogens with zero attached hydrogens (tertiary/aromatic N) is 2. The number of amides is 1. The molecule has 2 heterocycles. The summed E-state index contributed by atoms with van der Waals surface area (Å²) >= 11 is 0. The Kier molecular flexibility index (Phi) is 6.33. The van der Waals surface area contributed by atoms with Crippen LogP contribution in [0.25, 0.3) is 0 Å². The van der Waals surface area contributed by atoms with Gasteiger partial charge in [0.1, 0.15) is 5.75 Å². The summed E-state index contributed by atoms with van der Waals surface area (Å²) in [5.74, 6) is 0.375. The number of carboxylic acids is 1. The van der Waals surface area contributed by atoms with Gasteiger partial charge in [-0.05, 0) is 56.1 Å². The number of nitrogens with one attached hydrogen (secondary N) is 1. The van der Waals surface area contributed by atoms with Crippen molar-refractivity contribution in [2.24, 2.45) is 5.92 Å². The van der Waals surface area contributed by atoms with Crippen LogP contribution in [0, 0.1) is 5.92 Å². The van der Waals surface area contributed by atoms with Gasteiger partial charge in [-0.15, -0.1) is 0 Å². The number of piperazine rings is 1. The molecule has 2 saturated heterocycles. The SMILES string of the molecule is O=C(O)COc1ccc(N2CCN(C(=O)CC3CCNCC3)CC2)cc1. The van der Waals surface area contributed by atoms with Gasteiger partial charge in [-0.2, -0.15) is 0 Å². The molecule has 7 nitrogen and oxygen atoms in total. The number of piperidine rings is 1. The smallest absolute Gasteiger partial charge is 0.341 e. The third kappa shape index (κ3) is 5.11. The predicted octanol–water partition coefficient (Wildman–Crippen LogP) is 1.19. The Morgan fingerprint density at radius 3 is 2.35 bits per heavy atom. The Bertz CT molecular complexity index is 606. The first-order valence-corrected chi connectivity index (χ1v) is 9.30. The van der Waals surface area contributed by atoms with Crippen molar-refractivity contribution in [2.75, 3.05) is 50.8 Å². The summed E-state index contributed by atoms with van der Waals surface area (Å²) in [6.07, 6.45) is 2.88. The van der Waals surface area contributed by atoms with E-state index in [2.05, 4.69) is 10.2 Å². The number of rotatable bonds is 6. The van der Waals surface area contributed by atoms with Crippen LogP contribution in [0.1, 0.15) is 19.3 Å². The molecule has 1 aromatic carbocycles. The topological polar surface area (TPSA) is 82.1 Å². The number of carboxylic acid groups (broad SMARTS) is 1. The van der Waals surface area contributed by atoms with E-state index in [1.165, 1.54) is 0 Å². The van der Waals surface area contributed by atoms with Crippen molar-refractivity contribution in [3.8, 4) is 5.75 Å². The molecule has 0 unspecified atom stereocenters. The highest BCUT2D eigenvalue weighted by Crippen LogP contribution is 2.22. The molecule has 0 spiro atoms. The van der Waals surface area contributed by atoms with Crippen LogP contribution in [0.4, 0.5) is 5.69 Å². The van der Waals surface area contributed by atoms with Crippen LogP contribution in [0.15, 0.2) is 24.3 Å². The van der Waals surface area contributed by atoms with Gasteiger partial charge < -0.3 is 25.0 Å². The van der Waals surface area contributed by atoms with Crippen LogP contribution in [0.2, 0.25) is 0 Å². The van der Waals surface area contributed by atoms with E-state index in [1.807, 2.05) is 17.0 Å². The lowest BCUT2D eigenvalue weighted by Gasteiger charge is -2.37. The van der Waals surface area contributed by atoms with Gasteiger partial charge in [0, 0.05) is 38.3 Å². The lowest BCUT2D eigenvalue weighted by Crippen LogP contribution is -2.49. The van der Waals surface area contributed by atoms with Crippen LogP contribution in [0.5, 0.6) is 5.75 Å². The normalized spacial score (nSPS) is 18.6. The lowest BCUT2D eigenvalue weighted by molar-refractivity contribution is -0.139. The van der Waals surface area contributed by atoms with Crippen LogP contribution >= 0.6 is 0 Å². The van der Waals surface area contributed by atoms with E-state index in [9.17, 15) is 9.59 Å². The third-order valence-corrected chi connectivity index (χ3v) is 5.12. The van der Waals surface area contributed by atoms with Crippen molar-refractivity contribution >= 4 is 17.6 Å². The molecule has 0 atom stereocenters. The van der Waals surface area contributed by atoms with Crippen molar-refractivity contribution in [3.63, 3.8) is 0 Å². The van der Waals surface area contributed by atoms with E-state index in [-0.39, 0.29) is 12.5 Å². The average Bonchev–Trinajstić information content (AvgIpc) is 2.68. The minimum Gasteiger partial charge on any atom is -0.482 e. The molecule has 0 aromatic heterocycles. The Labute approximate surface area is 153 Å². The molecule has 0 saturated carbocycles. The van der Waals surface area contributed by atoms with Gasteiger partial charge >= 0.3 is 5.97 Å². The number of ether oxygens (including phenoxy) is 1. The van der Waals surface area contributed by atoms with E-state index < -0.39 is 5.97 Å². The van der Waals surface area contributed by atoms with Crippen molar-refractivity contribution in [1.82, 2.24) is 10.2 Å². The maximum Gasteiger partial charge on any atom is 0.341 e. The second-order valence-corrected chi connectivity index (χ2v) is 6.94. The van der Waals surface area contributed by atoms with Crippen LogP contribution in [0.3, 0.4) is 0 Å². The second kappa shape index (κ2) is 8.89. The third-order valence-electron chi connectivity index (χ3n) is 5.12. The molecular weight excluding hydrogens is 334 g/mol. The summed E-state index contributed by atoms with van der Waals surface area (Å²) in [5.41, 5.74) is 1.07. The summed E-state index contributed by atoms with van der Waals surface area (Å²) in [4.78, 5) is 27.3. The summed E-state index contributed by atoms with van der Waals surface area (Å²) in [5, 5.41) is 12.0. The van der Waals surface area contributed by atoms with E-state index in [0.717, 1.165) is 57.8 Å². The van der Waals surface area contributed by atoms with Crippen molar-refractivity contribution in [3.05, 3.63) is 24.3 Å². The second-order valence-electron chi connectivity index (χ2n) is 6.94. The summed E-state index contributed by atoms with van der Waals surface area (Å²) in [6, 6.07) is 7.44. The molecule has 2 fully saturated rings. The zero-order valence-corrected chi connectivity index (χ0v) is 15.0. The molecule has 0 radical (unpaired) electrons. The maximum absolute atomic E-state index is 12.5. The number of carbonyl (C=O) groups excluding carboxylic acids is 1. The monoisotopic (exact) mass is 361 g/mol.